The number of rotatable bonds is 8. The Bertz CT molecular complexity index is 365. The molecule has 0 heterocycles. The van der Waals surface area contributed by atoms with Gasteiger partial charge in [-0.05, 0) is 31.4 Å². The first kappa shape index (κ1) is 14.9. The Balaban J connectivity index is 2.82. The molecule has 0 saturated carbocycles. The molecule has 18 heavy (non-hydrogen) atoms. The number of Topliss-reactive ketones (excluding diaryl/α,β-unsaturated/α-hetero) is 1. The van der Waals surface area contributed by atoms with Gasteiger partial charge in [0.1, 0.15) is 6.10 Å². The number of hydrogen-bond acceptors (Lipinski definition) is 2. The first-order chi connectivity index (χ1) is 8.72. The molecule has 0 saturated heterocycles. The van der Waals surface area contributed by atoms with Crippen LogP contribution in [0.5, 0.6) is 0 Å². The van der Waals surface area contributed by atoms with E-state index < -0.39 is 0 Å². The number of aryl methyl sites for hydroxylation is 1. The molecule has 100 valence electrons. The van der Waals surface area contributed by atoms with Gasteiger partial charge in [-0.1, -0.05) is 44.9 Å². The molecule has 0 aliphatic heterocycles. The molecule has 2 nitrogen and oxygen atoms in total. The van der Waals surface area contributed by atoms with Crippen molar-refractivity contribution in [1.29, 1.82) is 0 Å². The third-order valence-corrected chi connectivity index (χ3v) is 2.96. The zero-order valence-electron chi connectivity index (χ0n) is 11.7. The molecule has 0 aliphatic carbocycles. The third-order valence-electron chi connectivity index (χ3n) is 2.96. The van der Waals surface area contributed by atoms with Crippen LogP contribution in [0.15, 0.2) is 24.3 Å². The van der Waals surface area contributed by atoms with Gasteiger partial charge in [-0.25, -0.2) is 0 Å². The van der Waals surface area contributed by atoms with Crippen molar-refractivity contribution >= 4 is 5.78 Å². The molecular weight excluding hydrogens is 224 g/mol. The van der Waals surface area contributed by atoms with Crippen molar-refractivity contribution in [3.8, 4) is 0 Å². The second-order valence-electron chi connectivity index (χ2n) is 4.55. The minimum Gasteiger partial charge on any atom is -0.370 e. The van der Waals surface area contributed by atoms with Crippen molar-refractivity contribution in [2.24, 2.45) is 0 Å². The van der Waals surface area contributed by atoms with Crippen LogP contribution in [0.2, 0.25) is 0 Å². The van der Waals surface area contributed by atoms with Crippen LogP contribution in [0.25, 0.3) is 0 Å². The van der Waals surface area contributed by atoms with Gasteiger partial charge in [-0.2, -0.15) is 0 Å². The zero-order chi connectivity index (χ0) is 13.4. The molecule has 0 amide bonds. The number of benzene rings is 1. The van der Waals surface area contributed by atoms with E-state index in [9.17, 15) is 4.79 Å². The number of hydrogen-bond donors (Lipinski definition) is 0. The quantitative estimate of drug-likeness (QED) is 0.649. The lowest BCUT2D eigenvalue weighted by Crippen LogP contribution is -2.24. The van der Waals surface area contributed by atoms with Crippen molar-refractivity contribution in [3.63, 3.8) is 0 Å². The fraction of sp³-hybridized carbons (Fsp3) is 0.562. The number of carbonyl (C=O) groups is 1. The van der Waals surface area contributed by atoms with Gasteiger partial charge < -0.3 is 4.74 Å². The van der Waals surface area contributed by atoms with Crippen LogP contribution in [-0.4, -0.2) is 18.5 Å². The Kier molecular flexibility index (Phi) is 6.66. The largest absolute Gasteiger partial charge is 0.370 e. The Labute approximate surface area is 110 Å². The van der Waals surface area contributed by atoms with Crippen molar-refractivity contribution < 1.29 is 9.53 Å². The summed E-state index contributed by atoms with van der Waals surface area (Å²) in [6.45, 7) is 6.75. The highest BCUT2D eigenvalue weighted by Gasteiger charge is 2.19. The molecule has 1 aromatic carbocycles. The van der Waals surface area contributed by atoms with Gasteiger partial charge in [0.05, 0.1) is 0 Å². The lowest BCUT2D eigenvalue weighted by Gasteiger charge is -2.15. The molecule has 0 N–H and O–H groups in total. The monoisotopic (exact) mass is 248 g/mol. The molecule has 2 heteroatoms. The van der Waals surface area contributed by atoms with Gasteiger partial charge in [0, 0.05) is 12.2 Å². The van der Waals surface area contributed by atoms with E-state index in [-0.39, 0.29) is 11.9 Å². The predicted octanol–water partition coefficient (Wildman–Crippen LogP) is 4.03. The molecule has 1 rings (SSSR count). The van der Waals surface area contributed by atoms with E-state index in [1.807, 2.05) is 25.1 Å². The SMILES string of the molecule is CCCc1cccc(C(=O)C(CCC)OCC)c1. The van der Waals surface area contributed by atoms with Gasteiger partial charge in [0.2, 0.25) is 0 Å². The topological polar surface area (TPSA) is 26.3 Å². The Morgan fingerprint density at radius 1 is 1.22 bits per heavy atom. The minimum absolute atomic E-state index is 0.122. The average Bonchev–Trinajstić information content (AvgIpc) is 2.38. The molecule has 0 aromatic heterocycles. The first-order valence-corrected chi connectivity index (χ1v) is 6.97. The van der Waals surface area contributed by atoms with E-state index in [2.05, 4.69) is 19.9 Å². The first-order valence-electron chi connectivity index (χ1n) is 6.97. The molecule has 0 aliphatic rings. The van der Waals surface area contributed by atoms with Crippen molar-refractivity contribution in [1.82, 2.24) is 0 Å². The fourth-order valence-corrected chi connectivity index (χ4v) is 2.11. The summed E-state index contributed by atoms with van der Waals surface area (Å²) in [7, 11) is 0. The molecule has 0 bridgehead atoms. The summed E-state index contributed by atoms with van der Waals surface area (Å²) in [6.07, 6.45) is 3.60. The number of carbonyl (C=O) groups excluding carboxylic acids is 1. The van der Waals surface area contributed by atoms with Crippen LogP contribution in [-0.2, 0) is 11.2 Å². The van der Waals surface area contributed by atoms with E-state index in [4.69, 9.17) is 4.74 Å². The highest BCUT2D eigenvalue weighted by atomic mass is 16.5. The van der Waals surface area contributed by atoms with Crippen molar-refractivity contribution in [2.45, 2.75) is 52.6 Å². The molecule has 0 radical (unpaired) electrons. The van der Waals surface area contributed by atoms with Crippen LogP contribution >= 0.6 is 0 Å². The zero-order valence-corrected chi connectivity index (χ0v) is 11.7. The lowest BCUT2D eigenvalue weighted by atomic mass is 9.99. The van der Waals surface area contributed by atoms with Gasteiger partial charge in [-0.3, -0.25) is 4.79 Å². The maximum atomic E-state index is 12.4. The Morgan fingerprint density at radius 3 is 2.61 bits per heavy atom. The van der Waals surface area contributed by atoms with Crippen LogP contribution < -0.4 is 0 Å². The maximum Gasteiger partial charge on any atom is 0.191 e. The second kappa shape index (κ2) is 8.04. The normalized spacial score (nSPS) is 12.4. The van der Waals surface area contributed by atoms with Crippen molar-refractivity contribution in [3.05, 3.63) is 35.4 Å². The van der Waals surface area contributed by atoms with Crippen LogP contribution in [0.1, 0.15) is 56.0 Å². The van der Waals surface area contributed by atoms with Crippen molar-refractivity contribution in [2.75, 3.05) is 6.61 Å². The highest BCUT2D eigenvalue weighted by Crippen LogP contribution is 2.14. The van der Waals surface area contributed by atoms with Gasteiger partial charge in [0.15, 0.2) is 5.78 Å². The van der Waals surface area contributed by atoms with E-state index in [0.717, 1.165) is 31.2 Å². The molecular formula is C16H24O2. The predicted molar refractivity (Wildman–Crippen MR) is 75.1 cm³/mol. The molecule has 0 fully saturated rings. The maximum absolute atomic E-state index is 12.4. The third kappa shape index (κ3) is 4.26. The summed E-state index contributed by atoms with van der Waals surface area (Å²) in [5.74, 6) is 0.122. The van der Waals surface area contributed by atoms with Gasteiger partial charge in [-0.15, -0.1) is 0 Å². The van der Waals surface area contributed by atoms with Gasteiger partial charge >= 0.3 is 0 Å². The minimum atomic E-state index is -0.281. The van der Waals surface area contributed by atoms with Gasteiger partial charge in [0.25, 0.3) is 0 Å². The number of ether oxygens (including phenoxy) is 1. The molecule has 1 atom stereocenters. The summed E-state index contributed by atoms with van der Waals surface area (Å²) < 4.78 is 5.55. The summed E-state index contributed by atoms with van der Waals surface area (Å²) in [5.41, 5.74) is 2.02. The Morgan fingerprint density at radius 2 is 2.00 bits per heavy atom. The molecule has 0 spiro atoms. The summed E-state index contributed by atoms with van der Waals surface area (Å²) in [5, 5.41) is 0. The molecule has 1 unspecified atom stereocenters. The smallest absolute Gasteiger partial charge is 0.191 e. The Hall–Kier alpha value is -1.15. The van der Waals surface area contributed by atoms with E-state index >= 15 is 0 Å². The summed E-state index contributed by atoms with van der Waals surface area (Å²) >= 11 is 0. The standard InChI is InChI=1S/C16H24O2/c1-4-8-13-10-7-11-14(12-13)16(17)15(9-5-2)18-6-3/h7,10-12,15H,4-6,8-9H2,1-3H3. The lowest BCUT2D eigenvalue weighted by molar-refractivity contribution is 0.0423. The average molecular weight is 248 g/mol. The second-order valence-corrected chi connectivity index (χ2v) is 4.55. The van der Waals surface area contributed by atoms with E-state index in [1.54, 1.807) is 0 Å². The van der Waals surface area contributed by atoms with Crippen LogP contribution in [0, 0.1) is 0 Å². The van der Waals surface area contributed by atoms with E-state index in [1.165, 1.54) is 5.56 Å². The number of ketones is 1. The van der Waals surface area contributed by atoms with E-state index in [0.29, 0.717) is 6.61 Å². The fourth-order valence-electron chi connectivity index (χ4n) is 2.11. The summed E-state index contributed by atoms with van der Waals surface area (Å²) in [6, 6.07) is 7.94. The van der Waals surface area contributed by atoms with Crippen LogP contribution in [0.4, 0.5) is 0 Å². The summed E-state index contributed by atoms with van der Waals surface area (Å²) in [4.78, 5) is 12.4. The highest BCUT2D eigenvalue weighted by molar-refractivity contribution is 5.99. The molecule has 1 aromatic rings. The van der Waals surface area contributed by atoms with Crippen LogP contribution in [0.3, 0.4) is 0 Å².